The lowest BCUT2D eigenvalue weighted by Gasteiger charge is -2.26. The smallest absolute Gasteiger partial charge is 0.324 e. The normalized spacial score (nSPS) is 12.1. The lowest BCUT2D eigenvalue weighted by Crippen LogP contribution is -2.44. The van der Waals surface area contributed by atoms with Gasteiger partial charge in [0.2, 0.25) is 0 Å². The third-order valence-corrected chi connectivity index (χ3v) is 4.15. The molecule has 6 nitrogen and oxygen atoms in total. The molecule has 0 saturated carbocycles. The van der Waals surface area contributed by atoms with E-state index < -0.39 is 12.0 Å². The summed E-state index contributed by atoms with van der Waals surface area (Å²) in [5.41, 5.74) is 0.811. The van der Waals surface area contributed by atoms with E-state index in [1.54, 1.807) is 0 Å². The van der Waals surface area contributed by atoms with Gasteiger partial charge >= 0.3 is 12.0 Å². The van der Waals surface area contributed by atoms with Gasteiger partial charge in [0.05, 0.1) is 10.2 Å². The average molecular weight is 307 g/mol. The molecule has 2 aromatic rings. The molecule has 1 unspecified atom stereocenters. The Kier molecular flexibility index (Phi) is 4.74. The fraction of sp³-hybridized carbons (Fsp3) is 0.357. The van der Waals surface area contributed by atoms with Gasteiger partial charge in [0.1, 0.15) is 6.54 Å². The number of nitrogens with zero attached hydrogens (tertiary/aromatic N) is 2. The number of anilines is 1. The van der Waals surface area contributed by atoms with Crippen molar-refractivity contribution in [1.29, 1.82) is 0 Å². The molecule has 0 saturated heterocycles. The highest BCUT2D eigenvalue weighted by molar-refractivity contribution is 7.22. The maximum atomic E-state index is 12.2. The number of aliphatic carboxylic acids is 1. The van der Waals surface area contributed by atoms with Crippen molar-refractivity contribution < 1.29 is 14.7 Å². The number of hydrogen-bond donors (Lipinski definition) is 2. The second kappa shape index (κ2) is 6.53. The largest absolute Gasteiger partial charge is 0.480 e. The molecule has 0 aliphatic carbocycles. The highest BCUT2D eigenvalue weighted by atomic mass is 32.1. The molecule has 0 bridgehead atoms. The minimum absolute atomic E-state index is 0.157. The Bertz CT molecular complexity index is 623. The van der Waals surface area contributed by atoms with E-state index in [2.05, 4.69) is 10.3 Å². The number of thiazole rings is 1. The van der Waals surface area contributed by atoms with Crippen LogP contribution in [-0.2, 0) is 4.79 Å². The van der Waals surface area contributed by atoms with E-state index >= 15 is 0 Å². The van der Waals surface area contributed by atoms with Crippen molar-refractivity contribution in [2.24, 2.45) is 0 Å². The topological polar surface area (TPSA) is 82.5 Å². The van der Waals surface area contributed by atoms with E-state index in [-0.39, 0.29) is 12.6 Å². The van der Waals surface area contributed by atoms with Crippen LogP contribution in [0.15, 0.2) is 24.3 Å². The SMILES string of the molecule is CCC(C)N(CC(=O)O)C(=O)Nc1nc2ccccc2s1. The van der Waals surface area contributed by atoms with Crippen LogP contribution in [0.5, 0.6) is 0 Å². The molecule has 0 radical (unpaired) electrons. The van der Waals surface area contributed by atoms with Crippen molar-refractivity contribution in [3.8, 4) is 0 Å². The first kappa shape index (κ1) is 15.2. The van der Waals surface area contributed by atoms with E-state index in [9.17, 15) is 9.59 Å². The van der Waals surface area contributed by atoms with Crippen molar-refractivity contribution in [2.75, 3.05) is 11.9 Å². The van der Waals surface area contributed by atoms with Gasteiger partial charge in [-0.25, -0.2) is 9.78 Å². The monoisotopic (exact) mass is 307 g/mol. The predicted octanol–water partition coefficient (Wildman–Crippen LogP) is 3.01. The lowest BCUT2D eigenvalue weighted by atomic mass is 10.2. The van der Waals surface area contributed by atoms with Crippen LogP contribution >= 0.6 is 11.3 Å². The number of amides is 2. The summed E-state index contributed by atoms with van der Waals surface area (Å²) in [6.07, 6.45) is 0.681. The van der Waals surface area contributed by atoms with Crippen LogP contribution in [-0.4, -0.2) is 39.6 Å². The Morgan fingerprint density at radius 3 is 2.76 bits per heavy atom. The summed E-state index contributed by atoms with van der Waals surface area (Å²) in [6, 6.07) is 6.98. The number of carboxylic acid groups (broad SMARTS) is 1. The average Bonchev–Trinajstić information content (AvgIpc) is 2.85. The summed E-state index contributed by atoms with van der Waals surface area (Å²) >= 11 is 1.36. The molecule has 0 fully saturated rings. The number of carbonyl (C=O) groups excluding carboxylic acids is 1. The molecule has 2 amide bonds. The van der Waals surface area contributed by atoms with Crippen LogP contribution in [0.3, 0.4) is 0 Å². The third-order valence-electron chi connectivity index (χ3n) is 3.20. The molecule has 2 rings (SSSR count). The standard InChI is InChI=1S/C14H17N3O3S/c1-3-9(2)17(8-12(18)19)14(20)16-13-15-10-6-4-5-7-11(10)21-13/h4-7,9H,3,8H2,1-2H3,(H,18,19)(H,15,16,20). The van der Waals surface area contributed by atoms with Gasteiger partial charge < -0.3 is 10.0 Å². The maximum absolute atomic E-state index is 12.2. The molecule has 21 heavy (non-hydrogen) atoms. The first-order chi connectivity index (χ1) is 10.0. The minimum atomic E-state index is -1.03. The van der Waals surface area contributed by atoms with Gasteiger partial charge in [-0.3, -0.25) is 10.1 Å². The van der Waals surface area contributed by atoms with Gasteiger partial charge in [0.15, 0.2) is 5.13 Å². The van der Waals surface area contributed by atoms with Crippen LogP contribution in [0.1, 0.15) is 20.3 Å². The van der Waals surface area contributed by atoms with E-state index in [0.717, 1.165) is 10.2 Å². The quantitative estimate of drug-likeness (QED) is 0.889. The molecule has 1 aromatic heterocycles. The number of nitrogens with one attached hydrogen (secondary N) is 1. The molecule has 0 aliphatic rings. The van der Waals surface area contributed by atoms with Gasteiger partial charge in [0, 0.05) is 6.04 Å². The Morgan fingerprint density at radius 1 is 1.43 bits per heavy atom. The van der Waals surface area contributed by atoms with Crippen LogP contribution in [0.4, 0.5) is 9.93 Å². The molecule has 2 N–H and O–H groups in total. The van der Waals surface area contributed by atoms with Gasteiger partial charge in [-0.2, -0.15) is 0 Å². The van der Waals surface area contributed by atoms with Crippen molar-refractivity contribution in [2.45, 2.75) is 26.3 Å². The molecule has 1 atom stereocenters. The number of fused-ring (bicyclic) bond motifs is 1. The molecule has 0 spiro atoms. The van der Waals surface area contributed by atoms with Crippen molar-refractivity contribution >= 4 is 38.7 Å². The third kappa shape index (κ3) is 3.69. The number of urea groups is 1. The van der Waals surface area contributed by atoms with Gasteiger partial charge in [-0.05, 0) is 25.5 Å². The zero-order valence-corrected chi connectivity index (χ0v) is 12.7. The minimum Gasteiger partial charge on any atom is -0.480 e. The van der Waals surface area contributed by atoms with Crippen LogP contribution in [0, 0.1) is 0 Å². The van der Waals surface area contributed by atoms with Crippen LogP contribution in [0.2, 0.25) is 0 Å². The Morgan fingerprint density at radius 2 is 2.14 bits per heavy atom. The fourth-order valence-electron chi connectivity index (χ4n) is 1.88. The number of carbonyl (C=O) groups is 2. The summed E-state index contributed by atoms with van der Waals surface area (Å²) in [4.78, 5) is 28.7. The van der Waals surface area contributed by atoms with Crippen molar-refractivity contribution in [3.05, 3.63) is 24.3 Å². The van der Waals surface area contributed by atoms with Crippen LogP contribution in [0.25, 0.3) is 10.2 Å². The zero-order valence-electron chi connectivity index (χ0n) is 11.9. The lowest BCUT2D eigenvalue weighted by molar-refractivity contribution is -0.138. The first-order valence-electron chi connectivity index (χ1n) is 6.66. The van der Waals surface area contributed by atoms with Crippen molar-refractivity contribution in [1.82, 2.24) is 9.88 Å². The molecule has 7 heteroatoms. The summed E-state index contributed by atoms with van der Waals surface area (Å²) in [6.45, 7) is 3.40. The molecule has 1 aromatic carbocycles. The summed E-state index contributed by atoms with van der Waals surface area (Å²) in [7, 11) is 0. The number of rotatable bonds is 5. The highest BCUT2D eigenvalue weighted by Crippen LogP contribution is 2.25. The highest BCUT2D eigenvalue weighted by Gasteiger charge is 2.22. The van der Waals surface area contributed by atoms with E-state index in [0.29, 0.717) is 11.6 Å². The van der Waals surface area contributed by atoms with E-state index in [4.69, 9.17) is 5.11 Å². The molecular weight excluding hydrogens is 290 g/mol. The second-order valence-electron chi connectivity index (χ2n) is 4.70. The van der Waals surface area contributed by atoms with E-state index in [1.165, 1.54) is 16.2 Å². The first-order valence-corrected chi connectivity index (χ1v) is 7.48. The van der Waals surface area contributed by atoms with Gasteiger partial charge in [-0.1, -0.05) is 30.4 Å². The maximum Gasteiger partial charge on any atom is 0.324 e. The molecule has 112 valence electrons. The Balaban J connectivity index is 2.15. The number of hydrogen-bond acceptors (Lipinski definition) is 4. The number of benzene rings is 1. The summed E-state index contributed by atoms with van der Waals surface area (Å²) in [5, 5.41) is 12.1. The molecule has 1 heterocycles. The zero-order chi connectivity index (χ0) is 15.4. The molecular formula is C14H17N3O3S. The number of para-hydroxylation sites is 1. The Labute approximate surface area is 126 Å². The van der Waals surface area contributed by atoms with Gasteiger partial charge in [0.25, 0.3) is 0 Å². The van der Waals surface area contributed by atoms with Crippen LogP contribution < -0.4 is 5.32 Å². The van der Waals surface area contributed by atoms with Crippen molar-refractivity contribution in [3.63, 3.8) is 0 Å². The number of aromatic nitrogens is 1. The van der Waals surface area contributed by atoms with Gasteiger partial charge in [-0.15, -0.1) is 0 Å². The summed E-state index contributed by atoms with van der Waals surface area (Å²) < 4.78 is 0.973. The number of carboxylic acids is 1. The van der Waals surface area contributed by atoms with E-state index in [1.807, 2.05) is 38.1 Å². The molecule has 0 aliphatic heterocycles. The summed E-state index contributed by atoms with van der Waals surface area (Å²) in [5.74, 6) is -1.03. The fourth-order valence-corrected chi connectivity index (χ4v) is 2.74. The predicted molar refractivity (Wildman–Crippen MR) is 82.7 cm³/mol. The Hall–Kier alpha value is -2.15. The second-order valence-corrected chi connectivity index (χ2v) is 5.73.